The molecule has 21 heavy (non-hydrogen) atoms. The highest BCUT2D eigenvalue weighted by Crippen LogP contribution is 2.32. The fourth-order valence-corrected chi connectivity index (χ4v) is 3.09. The molecule has 0 unspecified atom stereocenters. The highest BCUT2D eigenvalue weighted by molar-refractivity contribution is 5.45. The van der Waals surface area contributed by atoms with E-state index in [1.54, 1.807) is 4.68 Å². The van der Waals surface area contributed by atoms with E-state index in [-0.39, 0.29) is 5.95 Å². The van der Waals surface area contributed by atoms with Crippen molar-refractivity contribution in [3.05, 3.63) is 29.3 Å². The first-order chi connectivity index (χ1) is 10.2. The van der Waals surface area contributed by atoms with Crippen LogP contribution in [-0.2, 0) is 13.0 Å². The van der Waals surface area contributed by atoms with Gasteiger partial charge in [-0.2, -0.15) is 9.67 Å². The Morgan fingerprint density at radius 2 is 2.05 bits per heavy atom. The average molecular weight is 284 g/mol. The molecule has 1 aromatic heterocycles. The molecule has 0 saturated heterocycles. The molecule has 6 heteroatoms. The summed E-state index contributed by atoms with van der Waals surface area (Å²) in [5.74, 6) is 1.47. The van der Waals surface area contributed by atoms with Gasteiger partial charge in [-0.15, -0.1) is 5.10 Å². The van der Waals surface area contributed by atoms with E-state index in [1.807, 2.05) is 6.07 Å². The van der Waals surface area contributed by atoms with Crippen molar-refractivity contribution in [3.63, 3.8) is 0 Å². The molecule has 0 bridgehead atoms. The number of rotatable bonds is 3. The monoisotopic (exact) mass is 284 g/mol. The van der Waals surface area contributed by atoms with E-state index in [9.17, 15) is 0 Å². The van der Waals surface area contributed by atoms with Gasteiger partial charge in [-0.3, -0.25) is 4.90 Å². The van der Waals surface area contributed by atoms with Crippen LogP contribution in [-0.4, -0.2) is 32.8 Å². The standard InChI is InChI=1S/C15H20N6/c16-14-18-15(17)21(19-14)13-4-3-11-5-6-20(8-10-1-2-10)9-12(11)7-13/h3-4,7,10H,1-2,5-6,8-9H2,(H4,16,17,18,19). The molecule has 4 N–H and O–H groups in total. The lowest BCUT2D eigenvalue weighted by atomic mass is 9.99. The number of fused-ring (bicyclic) bond motifs is 1. The second-order valence-electron chi connectivity index (χ2n) is 6.12. The summed E-state index contributed by atoms with van der Waals surface area (Å²) in [4.78, 5) is 6.52. The molecule has 0 atom stereocenters. The number of hydrogen-bond donors (Lipinski definition) is 2. The van der Waals surface area contributed by atoms with Crippen LogP contribution >= 0.6 is 0 Å². The molecule has 1 aliphatic carbocycles. The molecule has 110 valence electrons. The Balaban J connectivity index is 1.62. The number of aromatic nitrogens is 3. The summed E-state index contributed by atoms with van der Waals surface area (Å²) >= 11 is 0. The lowest BCUT2D eigenvalue weighted by Crippen LogP contribution is -2.32. The molecule has 1 saturated carbocycles. The van der Waals surface area contributed by atoms with Crippen molar-refractivity contribution in [2.45, 2.75) is 25.8 Å². The fraction of sp³-hybridized carbons (Fsp3) is 0.467. The Hall–Kier alpha value is -2.08. The van der Waals surface area contributed by atoms with Crippen molar-refractivity contribution in [2.75, 3.05) is 24.6 Å². The summed E-state index contributed by atoms with van der Waals surface area (Å²) in [6.07, 6.45) is 3.92. The Labute approximate surface area is 123 Å². The van der Waals surface area contributed by atoms with Crippen LogP contribution in [0, 0.1) is 5.92 Å². The third-order valence-corrected chi connectivity index (χ3v) is 4.39. The van der Waals surface area contributed by atoms with E-state index < -0.39 is 0 Å². The second kappa shape index (κ2) is 4.73. The molecule has 1 aromatic carbocycles. The molecule has 1 aliphatic heterocycles. The van der Waals surface area contributed by atoms with Gasteiger partial charge in [0, 0.05) is 19.6 Å². The lowest BCUT2D eigenvalue weighted by Gasteiger charge is -2.29. The van der Waals surface area contributed by atoms with Gasteiger partial charge < -0.3 is 11.5 Å². The maximum atomic E-state index is 5.85. The highest BCUT2D eigenvalue weighted by atomic mass is 15.4. The van der Waals surface area contributed by atoms with Crippen molar-refractivity contribution in [1.29, 1.82) is 0 Å². The van der Waals surface area contributed by atoms with E-state index >= 15 is 0 Å². The SMILES string of the molecule is Nc1nc(N)n(-c2ccc3c(c2)CN(CC2CC2)CC3)n1. The molecule has 2 aliphatic rings. The molecular formula is C15H20N6. The first-order valence-electron chi connectivity index (χ1n) is 7.51. The van der Waals surface area contributed by atoms with Crippen LogP contribution in [0.3, 0.4) is 0 Å². The molecular weight excluding hydrogens is 264 g/mol. The van der Waals surface area contributed by atoms with Crippen LogP contribution in [0.25, 0.3) is 5.69 Å². The Kier molecular flexibility index (Phi) is 2.85. The van der Waals surface area contributed by atoms with Gasteiger partial charge >= 0.3 is 0 Å². The van der Waals surface area contributed by atoms with Gasteiger partial charge in [0.15, 0.2) is 0 Å². The number of anilines is 2. The van der Waals surface area contributed by atoms with Crippen LogP contribution < -0.4 is 11.5 Å². The molecule has 2 aromatic rings. The zero-order valence-electron chi connectivity index (χ0n) is 12.0. The smallest absolute Gasteiger partial charge is 0.241 e. The molecule has 0 spiro atoms. The van der Waals surface area contributed by atoms with Gasteiger partial charge in [0.1, 0.15) is 0 Å². The third-order valence-electron chi connectivity index (χ3n) is 4.39. The van der Waals surface area contributed by atoms with Crippen LogP contribution in [0.4, 0.5) is 11.9 Å². The van der Waals surface area contributed by atoms with Crippen molar-refractivity contribution >= 4 is 11.9 Å². The molecule has 2 heterocycles. The number of benzene rings is 1. The first-order valence-corrected chi connectivity index (χ1v) is 7.51. The summed E-state index contributed by atoms with van der Waals surface area (Å²) in [7, 11) is 0. The van der Waals surface area contributed by atoms with Crippen molar-refractivity contribution in [2.24, 2.45) is 5.92 Å². The van der Waals surface area contributed by atoms with Gasteiger partial charge in [-0.05, 0) is 48.4 Å². The number of nitrogens with zero attached hydrogens (tertiary/aromatic N) is 4. The minimum Gasteiger partial charge on any atom is -0.368 e. The maximum Gasteiger partial charge on any atom is 0.241 e. The van der Waals surface area contributed by atoms with Gasteiger partial charge in [0.05, 0.1) is 5.69 Å². The summed E-state index contributed by atoms with van der Waals surface area (Å²) < 4.78 is 1.61. The van der Waals surface area contributed by atoms with Crippen molar-refractivity contribution in [1.82, 2.24) is 19.7 Å². The zero-order valence-corrected chi connectivity index (χ0v) is 12.0. The summed E-state index contributed by atoms with van der Waals surface area (Å²) in [6, 6.07) is 6.38. The van der Waals surface area contributed by atoms with Gasteiger partial charge in [-0.25, -0.2) is 0 Å². The first kappa shape index (κ1) is 12.6. The van der Waals surface area contributed by atoms with E-state index in [4.69, 9.17) is 11.5 Å². The van der Waals surface area contributed by atoms with E-state index in [1.165, 1.54) is 37.1 Å². The van der Waals surface area contributed by atoms with Gasteiger partial charge in [-0.1, -0.05) is 6.07 Å². The van der Waals surface area contributed by atoms with Crippen LogP contribution in [0.2, 0.25) is 0 Å². The predicted octanol–water partition coefficient (Wildman–Crippen LogP) is 1.20. The second-order valence-corrected chi connectivity index (χ2v) is 6.12. The molecule has 1 fully saturated rings. The normalized spacial score (nSPS) is 18.7. The number of hydrogen-bond acceptors (Lipinski definition) is 5. The summed E-state index contributed by atoms with van der Waals surface area (Å²) in [6.45, 7) is 3.42. The maximum absolute atomic E-state index is 5.85. The van der Waals surface area contributed by atoms with E-state index in [2.05, 4.69) is 27.1 Å². The van der Waals surface area contributed by atoms with Crippen LogP contribution in [0.15, 0.2) is 18.2 Å². The topological polar surface area (TPSA) is 86.0 Å². The largest absolute Gasteiger partial charge is 0.368 e. The summed E-state index contributed by atoms with van der Waals surface area (Å²) in [5.41, 5.74) is 15.2. The zero-order chi connectivity index (χ0) is 14.4. The van der Waals surface area contributed by atoms with E-state index in [0.717, 1.165) is 24.6 Å². The highest BCUT2D eigenvalue weighted by Gasteiger charge is 2.26. The number of nitrogen functional groups attached to an aromatic ring is 2. The fourth-order valence-electron chi connectivity index (χ4n) is 3.09. The third kappa shape index (κ3) is 2.47. The lowest BCUT2D eigenvalue weighted by molar-refractivity contribution is 0.244. The van der Waals surface area contributed by atoms with Crippen LogP contribution in [0.5, 0.6) is 0 Å². The average Bonchev–Trinajstić information content (AvgIpc) is 3.21. The van der Waals surface area contributed by atoms with Crippen LogP contribution in [0.1, 0.15) is 24.0 Å². The molecule has 0 amide bonds. The predicted molar refractivity (Wildman–Crippen MR) is 81.9 cm³/mol. The van der Waals surface area contributed by atoms with E-state index in [0.29, 0.717) is 5.95 Å². The van der Waals surface area contributed by atoms with Gasteiger partial charge in [0.25, 0.3) is 0 Å². The minimum atomic E-state index is 0.209. The quantitative estimate of drug-likeness (QED) is 0.884. The molecule has 4 rings (SSSR count). The summed E-state index contributed by atoms with van der Waals surface area (Å²) in [5, 5.41) is 4.15. The Morgan fingerprint density at radius 1 is 1.19 bits per heavy atom. The minimum absolute atomic E-state index is 0.209. The molecule has 6 nitrogen and oxygen atoms in total. The number of nitrogens with two attached hydrogens (primary N) is 2. The molecule has 0 radical (unpaired) electrons. The van der Waals surface area contributed by atoms with Gasteiger partial charge in [0.2, 0.25) is 11.9 Å². The Morgan fingerprint density at radius 3 is 2.76 bits per heavy atom. The van der Waals surface area contributed by atoms with Crippen molar-refractivity contribution in [3.8, 4) is 5.69 Å². The van der Waals surface area contributed by atoms with Crippen molar-refractivity contribution < 1.29 is 0 Å². The Bertz CT molecular complexity index is 673.